The van der Waals surface area contributed by atoms with Gasteiger partial charge in [-0.1, -0.05) is 12.8 Å². The number of benzene rings is 1. The summed E-state index contributed by atoms with van der Waals surface area (Å²) >= 11 is 0. The highest BCUT2D eigenvalue weighted by atomic mass is 16.1. The zero-order chi connectivity index (χ0) is 22.1. The van der Waals surface area contributed by atoms with E-state index in [1.165, 1.54) is 12.8 Å². The van der Waals surface area contributed by atoms with Crippen LogP contribution in [-0.2, 0) is 0 Å². The van der Waals surface area contributed by atoms with Crippen LogP contribution in [0.3, 0.4) is 0 Å². The van der Waals surface area contributed by atoms with E-state index in [2.05, 4.69) is 20.2 Å². The number of imidazole rings is 1. The predicted octanol–water partition coefficient (Wildman–Crippen LogP) is 3.47. The van der Waals surface area contributed by atoms with Crippen LogP contribution in [0.2, 0.25) is 0 Å². The van der Waals surface area contributed by atoms with Crippen LogP contribution < -0.4 is 22.1 Å². The number of nitrogens with two attached hydrogens (primary N) is 2. The van der Waals surface area contributed by atoms with E-state index in [1.807, 2.05) is 18.5 Å². The van der Waals surface area contributed by atoms with Gasteiger partial charge in [0.2, 0.25) is 11.9 Å². The van der Waals surface area contributed by atoms with Crippen molar-refractivity contribution in [2.24, 2.45) is 11.5 Å². The zero-order valence-electron chi connectivity index (χ0n) is 18.1. The molecular weight excluding hydrogens is 404 g/mol. The Labute approximate surface area is 187 Å². The molecular formula is C23H30N8O. The summed E-state index contributed by atoms with van der Waals surface area (Å²) in [7, 11) is 0. The number of rotatable bonds is 6. The van der Waals surface area contributed by atoms with Crippen molar-refractivity contribution >= 4 is 34.5 Å². The number of fused-ring (bicyclic) bond motifs is 1. The van der Waals surface area contributed by atoms with Gasteiger partial charge in [0.05, 0.1) is 6.33 Å². The summed E-state index contributed by atoms with van der Waals surface area (Å²) in [5.41, 5.74) is 14.3. The number of anilines is 3. The zero-order valence-corrected chi connectivity index (χ0v) is 18.1. The third-order valence-electron chi connectivity index (χ3n) is 6.68. The van der Waals surface area contributed by atoms with Crippen molar-refractivity contribution in [2.75, 3.05) is 10.6 Å². The Morgan fingerprint density at radius 1 is 1.00 bits per heavy atom. The van der Waals surface area contributed by atoms with E-state index in [-0.39, 0.29) is 0 Å². The summed E-state index contributed by atoms with van der Waals surface area (Å²) < 4.78 is 2.20. The van der Waals surface area contributed by atoms with Crippen LogP contribution in [0.15, 0.2) is 30.6 Å². The fourth-order valence-electron chi connectivity index (χ4n) is 4.82. The third kappa shape index (κ3) is 4.25. The minimum atomic E-state index is -0.449. The monoisotopic (exact) mass is 434 g/mol. The largest absolute Gasteiger partial charge is 0.366 e. The van der Waals surface area contributed by atoms with E-state index >= 15 is 0 Å². The maximum absolute atomic E-state index is 11.4. The van der Waals surface area contributed by atoms with E-state index in [0.717, 1.165) is 55.4 Å². The summed E-state index contributed by atoms with van der Waals surface area (Å²) in [5.74, 6) is 0.803. The van der Waals surface area contributed by atoms with Crippen molar-refractivity contribution in [1.82, 2.24) is 19.5 Å². The molecule has 2 heterocycles. The second-order valence-corrected chi connectivity index (χ2v) is 8.98. The lowest BCUT2D eigenvalue weighted by atomic mass is 9.92. The van der Waals surface area contributed by atoms with Gasteiger partial charge in [0, 0.05) is 29.4 Å². The predicted molar refractivity (Wildman–Crippen MR) is 125 cm³/mol. The Morgan fingerprint density at radius 2 is 1.72 bits per heavy atom. The fourth-order valence-corrected chi connectivity index (χ4v) is 4.82. The SMILES string of the molecule is NC(=O)c1ccc(Nc2nc(N[C@H]3CC[C@H](N)CC3)nc3c2ncn3C2CCCC2)cc1. The smallest absolute Gasteiger partial charge is 0.248 e. The molecule has 0 spiro atoms. The molecule has 0 aliphatic heterocycles. The first-order valence-corrected chi connectivity index (χ1v) is 11.5. The highest BCUT2D eigenvalue weighted by molar-refractivity contribution is 5.93. The molecule has 0 radical (unpaired) electrons. The van der Waals surface area contributed by atoms with Gasteiger partial charge >= 0.3 is 0 Å². The molecule has 9 heteroatoms. The number of nitrogens with one attached hydrogen (secondary N) is 2. The second-order valence-electron chi connectivity index (χ2n) is 8.98. The molecule has 2 aliphatic carbocycles. The van der Waals surface area contributed by atoms with Gasteiger partial charge in [-0.3, -0.25) is 4.79 Å². The molecule has 0 atom stereocenters. The van der Waals surface area contributed by atoms with Gasteiger partial charge in [-0.05, 0) is 62.8 Å². The van der Waals surface area contributed by atoms with Gasteiger partial charge in [-0.15, -0.1) is 0 Å². The Bertz CT molecular complexity index is 1100. The second kappa shape index (κ2) is 8.74. The Morgan fingerprint density at radius 3 is 2.41 bits per heavy atom. The van der Waals surface area contributed by atoms with Crippen LogP contribution in [0.1, 0.15) is 67.8 Å². The first kappa shape index (κ1) is 20.7. The average Bonchev–Trinajstić information content (AvgIpc) is 3.46. The summed E-state index contributed by atoms with van der Waals surface area (Å²) in [6, 6.07) is 8.07. The van der Waals surface area contributed by atoms with Crippen LogP contribution in [0, 0.1) is 0 Å². The van der Waals surface area contributed by atoms with Gasteiger partial charge in [0.15, 0.2) is 17.0 Å². The van der Waals surface area contributed by atoms with Crippen LogP contribution in [-0.4, -0.2) is 37.5 Å². The van der Waals surface area contributed by atoms with E-state index in [1.54, 1.807) is 12.1 Å². The quantitative estimate of drug-likeness (QED) is 0.466. The molecule has 2 fully saturated rings. The molecule has 2 aromatic heterocycles. The maximum Gasteiger partial charge on any atom is 0.248 e. The molecule has 6 N–H and O–H groups in total. The Kier molecular flexibility index (Phi) is 5.65. The van der Waals surface area contributed by atoms with Gasteiger partial charge in [-0.2, -0.15) is 9.97 Å². The first-order chi connectivity index (χ1) is 15.6. The van der Waals surface area contributed by atoms with Crippen molar-refractivity contribution in [1.29, 1.82) is 0 Å². The first-order valence-electron chi connectivity index (χ1n) is 11.5. The van der Waals surface area contributed by atoms with Crippen LogP contribution in [0.5, 0.6) is 0 Å². The molecule has 3 aromatic rings. The lowest BCUT2D eigenvalue weighted by Crippen LogP contribution is -2.33. The summed E-state index contributed by atoms with van der Waals surface area (Å²) in [5, 5.41) is 6.89. The Balaban J connectivity index is 1.48. The number of hydrogen-bond donors (Lipinski definition) is 4. The molecule has 0 bridgehead atoms. The highest BCUT2D eigenvalue weighted by Crippen LogP contribution is 2.34. The number of primary amides is 1. The normalized spacial score (nSPS) is 21.7. The number of aromatic nitrogens is 4. The Hall–Kier alpha value is -3.20. The maximum atomic E-state index is 11.4. The molecule has 0 unspecified atom stereocenters. The van der Waals surface area contributed by atoms with Gasteiger partial charge < -0.3 is 26.7 Å². The van der Waals surface area contributed by atoms with E-state index < -0.39 is 5.91 Å². The van der Waals surface area contributed by atoms with Gasteiger partial charge in [0.25, 0.3) is 0 Å². The van der Waals surface area contributed by atoms with Gasteiger partial charge in [-0.25, -0.2) is 4.98 Å². The van der Waals surface area contributed by atoms with Crippen molar-refractivity contribution in [3.63, 3.8) is 0 Å². The lowest BCUT2D eigenvalue weighted by Gasteiger charge is -2.27. The third-order valence-corrected chi connectivity index (χ3v) is 6.68. The number of carbonyl (C=O) groups is 1. The van der Waals surface area contributed by atoms with E-state index in [4.69, 9.17) is 21.4 Å². The highest BCUT2D eigenvalue weighted by Gasteiger charge is 2.24. The van der Waals surface area contributed by atoms with Crippen molar-refractivity contribution in [3.05, 3.63) is 36.2 Å². The number of nitrogens with zero attached hydrogens (tertiary/aromatic N) is 4. The van der Waals surface area contributed by atoms with Crippen molar-refractivity contribution in [3.8, 4) is 0 Å². The summed E-state index contributed by atoms with van der Waals surface area (Å²) in [6.07, 6.45) is 10.7. The average molecular weight is 435 g/mol. The standard InChI is InChI=1S/C23H30N8O/c24-15-7-11-17(12-8-15)28-23-29-21(27-16-9-5-14(6-10-16)20(25)32)19-22(30-23)31(13-26-19)18-3-1-2-4-18/h5-6,9-10,13,15,17-18H,1-4,7-8,11-12,24H2,(H2,25,32)(H2,27,28,29,30)/t15-,17-. The lowest BCUT2D eigenvalue weighted by molar-refractivity contribution is 0.100. The van der Waals surface area contributed by atoms with Gasteiger partial charge in [0.1, 0.15) is 0 Å². The molecule has 2 aliphatic rings. The van der Waals surface area contributed by atoms with E-state index in [9.17, 15) is 4.79 Å². The van der Waals surface area contributed by atoms with Crippen LogP contribution in [0.4, 0.5) is 17.5 Å². The molecule has 2 saturated carbocycles. The number of carbonyl (C=O) groups excluding carboxylic acids is 1. The number of amides is 1. The van der Waals surface area contributed by atoms with Crippen LogP contribution in [0.25, 0.3) is 11.2 Å². The van der Waals surface area contributed by atoms with Crippen molar-refractivity contribution < 1.29 is 4.79 Å². The molecule has 32 heavy (non-hydrogen) atoms. The van der Waals surface area contributed by atoms with E-state index in [0.29, 0.717) is 35.5 Å². The molecule has 1 amide bonds. The van der Waals surface area contributed by atoms with Crippen LogP contribution >= 0.6 is 0 Å². The molecule has 5 rings (SSSR count). The minimum Gasteiger partial charge on any atom is -0.366 e. The topological polar surface area (TPSA) is 137 Å². The van der Waals surface area contributed by atoms with Crippen molar-refractivity contribution in [2.45, 2.75) is 69.5 Å². The molecule has 9 nitrogen and oxygen atoms in total. The summed E-state index contributed by atoms with van der Waals surface area (Å²) in [6.45, 7) is 0. The minimum absolute atomic E-state index is 0.292. The molecule has 168 valence electrons. The molecule has 0 saturated heterocycles. The number of hydrogen-bond acceptors (Lipinski definition) is 7. The molecule has 1 aromatic carbocycles. The fraction of sp³-hybridized carbons (Fsp3) is 0.478. The summed E-state index contributed by atoms with van der Waals surface area (Å²) in [4.78, 5) is 25.7.